The molecular formula is C12H11F3O2S. The van der Waals surface area contributed by atoms with Crippen LogP contribution in [0.15, 0.2) is 29.2 Å². The molecule has 1 aliphatic carbocycles. The van der Waals surface area contributed by atoms with Gasteiger partial charge in [0.05, 0.1) is 5.41 Å². The van der Waals surface area contributed by atoms with E-state index in [-0.39, 0.29) is 16.7 Å². The molecule has 0 amide bonds. The van der Waals surface area contributed by atoms with Gasteiger partial charge in [-0.15, -0.1) is 0 Å². The number of hydrogen-bond donors (Lipinski definition) is 1. The highest BCUT2D eigenvalue weighted by Gasteiger charge is 2.45. The molecule has 0 bridgehead atoms. The molecule has 1 aromatic rings. The fraction of sp³-hybridized carbons (Fsp3) is 0.417. The zero-order chi connectivity index (χ0) is 13.4. The summed E-state index contributed by atoms with van der Waals surface area (Å²) in [4.78, 5) is 11.3. The Labute approximate surface area is 106 Å². The minimum Gasteiger partial charge on any atom is -0.481 e. The van der Waals surface area contributed by atoms with Gasteiger partial charge in [0, 0.05) is 4.90 Å². The molecule has 0 heterocycles. The van der Waals surface area contributed by atoms with E-state index in [4.69, 9.17) is 0 Å². The number of thioether (sulfide) groups is 1. The highest BCUT2D eigenvalue weighted by Crippen LogP contribution is 2.45. The third-order valence-electron chi connectivity index (χ3n) is 3.26. The van der Waals surface area contributed by atoms with Gasteiger partial charge in [0.2, 0.25) is 0 Å². The van der Waals surface area contributed by atoms with Gasteiger partial charge < -0.3 is 5.11 Å². The molecule has 18 heavy (non-hydrogen) atoms. The van der Waals surface area contributed by atoms with Crippen LogP contribution in [-0.2, 0) is 10.2 Å². The molecule has 1 N–H and O–H groups in total. The molecule has 2 rings (SSSR count). The predicted molar refractivity (Wildman–Crippen MR) is 61.5 cm³/mol. The van der Waals surface area contributed by atoms with E-state index in [1.165, 1.54) is 24.3 Å². The van der Waals surface area contributed by atoms with Gasteiger partial charge in [-0.25, -0.2) is 0 Å². The molecule has 98 valence electrons. The molecule has 6 heteroatoms. The Kier molecular flexibility index (Phi) is 3.31. The monoisotopic (exact) mass is 276 g/mol. The molecule has 1 fully saturated rings. The van der Waals surface area contributed by atoms with Crippen molar-refractivity contribution in [2.75, 3.05) is 0 Å². The van der Waals surface area contributed by atoms with Gasteiger partial charge in [-0.2, -0.15) is 13.2 Å². The number of benzene rings is 1. The number of halogens is 3. The fourth-order valence-electron chi connectivity index (χ4n) is 2.13. The zero-order valence-corrected chi connectivity index (χ0v) is 10.1. The third kappa shape index (κ3) is 2.48. The number of rotatable bonds is 3. The van der Waals surface area contributed by atoms with E-state index in [0.717, 1.165) is 6.42 Å². The summed E-state index contributed by atoms with van der Waals surface area (Å²) in [6, 6.07) is 5.63. The number of aliphatic carboxylic acids is 1. The van der Waals surface area contributed by atoms with Crippen molar-refractivity contribution in [3.05, 3.63) is 29.8 Å². The van der Waals surface area contributed by atoms with Crippen LogP contribution in [0.25, 0.3) is 0 Å². The molecule has 0 spiro atoms. The van der Waals surface area contributed by atoms with E-state index in [1.807, 2.05) is 0 Å². The van der Waals surface area contributed by atoms with Crippen LogP contribution in [0.2, 0.25) is 0 Å². The Morgan fingerprint density at radius 3 is 2.11 bits per heavy atom. The van der Waals surface area contributed by atoms with Crippen LogP contribution in [0.3, 0.4) is 0 Å². The first-order chi connectivity index (χ1) is 8.33. The summed E-state index contributed by atoms with van der Waals surface area (Å²) in [6.45, 7) is 0. The maximum atomic E-state index is 12.2. The van der Waals surface area contributed by atoms with E-state index in [2.05, 4.69) is 0 Å². The third-order valence-corrected chi connectivity index (χ3v) is 4.00. The van der Waals surface area contributed by atoms with Crippen LogP contribution < -0.4 is 0 Å². The Bertz CT molecular complexity index is 449. The minimum atomic E-state index is -4.32. The summed E-state index contributed by atoms with van der Waals surface area (Å²) in [5.41, 5.74) is -4.61. The lowest BCUT2D eigenvalue weighted by molar-refractivity contribution is -0.147. The average Bonchev–Trinajstić information content (AvgIpc) is 2.15. The summed E-state index contributed by atoms with van der Waals surface area (Å²) >= 11 is -0.193. The lowest BCUT2D eigenvalue weighted by atomic mass is 9.64. The van der Waals surface area contributed by atoms with Crippen molar-refractivity contribution in [3.63, 3.8) is 0 Å². The minimum absolute atomic E-state index is 0.0751. The smallest absolute Gasteiger partial charge is 0.446 e. The fourth-order valence-corrected chi connectivity index (χ4v) is 2.67. The summed E-state index contributed by atoms with van der Waals surface area (Å²) in [7, 11) is 0. The predicted octanol–water partition coefficient (Wildman–Crippen LogP) is 3.80. The van der Waals surface area contributed by atoms with Crippen LogP contribution in [0.4, 0.5) is 13.2 Å². The van der Waals surface area contributed by atoms with Crippen LogP contribution in [0.5, 0.6) is 0 Å². The number of alkyl halides is 3. The molecule has 0 radical (unpaired) electrons. The molecule has 0 unspecified atom stereocenters. The molecule has 0 saturated heterocycles. The molecule has 0 aliphatic heterocycles. The van der Waals surface area contributed by atoms with Crippen molar-refractivity contribution in [2.45, 2.75) is 35.1 Å². The quantitative estimate of drug-likeness (QED) is 0.853. The van der Waals surface area contributed by atoms with E-state index in [0.29, 0.717) is 18.4 Å². The second-order valence-corrected chi connectivity index (χ2v) is 5.45. The van der Waals surface area contributed by atoms with Gasteiger partial charge in [0.1, 0.15) is 0 Å². The van der Waals surface area contributed by atoms with Gasteiger partial charge in [-0.05, 0) is 42.3 Å². The Morgan fingerprint density at radius 1 is 1.22 bits per heavy atom. The van der Waals surface area contributed by atoms with Gasteiger partial charge in [0.15, 0.2) is 0 Å². The molecule has 1 aliphatic rings. The van der Waals surface area contributed by atoms with Crippen LogP contribution in [0, 0.1) is 0 Å². The highest BCUT2D eigenvalue weighted by atomic mass is 32.2. The maximum absolute atomic E-state index is 12.2. The van der Waals surface area contributed by atoms with Gasteiger partial charge in [-0.1, -0.05) is 18.6 Å². The first-order valence-corrected chi connectivity index (χ1v) is 6.25. The summed E-state index contributed by atoms with van der Waals surface area (Å²) in [5, 5.41) is 9.21. The van der Waals surface area contributed by atoms with Crippen molar-refractivity contribution >= 4 is 17.7 Å². The molecule has 1 aromatic carbocycles. The topological polar surface area (TPSA) is 37.3 Å². The number of carbonyl (C=O) groups is 1. The molecule has 0 atom stereocenters. The van der Waals surface area contributed by atoms with Crippen molar-refractivity contribution < 1.29 is 23.1 Å². The van der Waals surface area contributed by atoms with E-state index < -0.39 is 16.9 Å². The molecule has 1 saturated carbocycles. The standard InChI is InChI=1S/C12H11F3O2S/c13-12(14,15)18-9-4-2-8(3-5-9)11(10(16)17)6-1-7-11/h2-5H,1,6-7H2,(H,16,17). The van der Waals surface area contributed by atoms with Crippen LogP contribution >= 0.6 is 11.8 Å². The molecule has 0 aromatic heterocycles. The van der Waals surface area contributed by atoms with E-state index in [1.54, 1.807) is 0 Å². The van der Waals surface area contributed by atoms with Crippen molar-refractivity contribution in [1.82, 2.24) is 0 Å². The first kappa shape index (κ1) is 13.3. The highest BCUT2D eigenvalue weighted by molar-refractivity contribution is 8.00. The Morgan fingerprint density at radius 2 is 1.78 bits per heavy atom. The first-order valence-electron chi connectivity index (χ1n) is 5.43. The van der Waals surface area contributed by atoms with E-state index >= 15 is 0 Å². The van der Waals surface area contributed by atoms with Gasteiger partial charge in [-0.3, -0.25) is 4.79 Å². The average molecular weight is 276 g/mol. The number of hydrogen-bond acceptors (Lipinski definition) is 2. The maximum Gasteiger partial charge on any atom is 0.446 e. The summed E-state index contributed by atoms with van der Waals surface area (Å²) < 4.78 is 36.5. The Hall–Kier alpha value is -1.17. The lowest BCUT2D eigenvalue weighted by Gasteiger charge is -2.38. The van der Waals surface area contributed by atoms with Crippen molar-refractivity contribution in [3.8, 4) is 0 Å². The van der Waals surface area contributed by atoms with Gasteiger partial charge in [0.25, 0.3) is 0 Å². The molecule has 2 nitrogen and oxygen atoms in total. The SMILES string of the molecule is O=C(O)C1(c2ccc(SC(F)(F)F)cc2)CCC1. The number of carboxylic acid groups (broad SMARTS) is 1. The van der Waals surface area contributed by atoms with Gasteiger partial charge >= 0.3 is 11.5 Å². The second-order valence-electron chi connectivity index (χ2n) is 4.31. The largest absolute Gasteiger partial charge is 0.481 e. The second kappa shape index (κ2) is 4.50. The summed E-state index contributed by atoms with van der Waals surface area (Å²) in [6.07, 6.45) is 1.94. The Balaban J connectivity index is 2.20. The van der Waals surface area contributed by atoms with Crippen LogP contribution in [-0.4, -0.2) is 16.6 Å². The van der Waals surface area contributed by atoms with Crippen LogP contribution in [0.1, 0.15) is 24.8 Å². The van der Waals surface area contributed by atoms with Crippen molar-refractivity contribution in [1.29, 1.82) is 0 Å². The number of carboxylic acids is 1. The zero-order valence-electron chi connectivity index (χ0n) is 9.33. The summed E-state index contributed by atoms with van der Waals surface area (Å²) in [5.74, 6) is -0.898. The normalized spacial score (nSPS) is 18.2. The van der Waals surface area contributed by atoms with E-state index in [9.17, 15) is 23.1 Å². The lowest BCUT2D eigenvalue weighted by Crippen LogP contribution is -2.42. The molecular weight excluding hydrogens is 265 g/mol. The van der Waals surface area contributed by atoms with Crippen molar-refractivity contribution in [2.24, 2.45) is 0 Å².